The summed E-state index contributed by atoms with van der Waals surface area (Å²) in [4.78, 5) is 15.0. The van der Waals surface area contributed by atoms with Crippen LogP contribution in [-0.2, 0) is 0 Å². The van der Waals surface area contributed by atoms with Gasteiger partial charge in [-0.3, -0.25) is 0 Å². The molecule has 0 unspecified atom stereocenters. The van der Waals surface area contributed by atoms with Crippen LogP contribution < -0.4 is 0 Å². The monoisotopic (exact) mass is 564 g/mol. The summed E-state index contributed by atoms with van der Waals surface area (Å²) in [5.41, 5.74) is 7.71. The Bertz CT molecular complexity index is 2440. The molecule has 206 valence electrons. The number of para-hydroxylation sites is 3. The second-order valence-corrected chi connectivity index (χ2v) is 10.8. The van der Waals surface area contributed by atoms with Crippen molar-refractivity contribution in [3.05, 3.63) is 146 Å². The predicted molar refractivity (Wildman–Crippen MR) is 178 cm³/mol. The first kappa shape index (κ1) is 24.5. The normalized spacial score (nSPS) is 11.6. The van der Waals surface area contributed by atoms with E-state index in [4.69, 9.17) is 19.4 Å². The molecule has 0 fully saturated rings. The Morgan fingerprint density at radius 1 is 0.432 bits per heavy atom. The highest BCUT2D eigenvalue weighted by Crippen LogP contribution is 2.41. The third-order valence-electron chi connectivity index (χ3n) is 8.26. The van der Waals surface area contributed by atoms with Crippen LogP contribution in [0.2, 0.25) is 0 Å². The van der Waals surface area contributed by atoms with Crippen molar-refractivity contribution >= 4 is 43.7 Å². The zero-order valence-corrected chi connectivity index (χ0v) is 23.6. The molecule has 0 aliphatic rings. The molecule has 0 bridgehead atoms. The van der Waals surface area contributed by atoms with E-state index in [2.05, 4.69) is 77.4 Å². The van der Waals surface area contributed by atoms with Gasteiger partial charge in [-0.05, 0) is 24.3 Å². The number of furan rings is 1. The summed E-state index contributed by atoms with van der Waals surface area (Å²) in [6, 6.07) is 49.6. The number of hydrogen-bond acceptors (Lipinski definition) is 4. The maximum atomic E-state index is 6.50. The van der Waals surface area contributed by atoms with Gasteiger partial charge in [0.1, 0.15) is 5.58 Å². The number of aromatic nitrogens is 4. The number of rotatable bonds is 4. The van der Waals surface area contributed by atoms with Gasteiger partial charge in [0.05, 0.1) is 16.7 Å². The number of nitrogens with zero attached hydrogens (tertiary/aromatic N) is 4. The fourth-order valence-electron chi connectivity index (χ4n) is 6.30. The van der Waals surface area contributed by atoms with Crippen molar-refractivity contribution in [1.29, 1.82) is 0 Å². The van der Waals surface area contributed by atoms with E-state index in [-0.39, 0.29) is 0 Å². The molecule has 9 aromatic rings. The highest BCUT2D eigenvalue weighted by Gasteiger charge is 2.21. The van der Waals surface area contributed by atoms with Crippen LogP contribution in [0.1, 0.15) is 0 Å². The van der Waals surface area contributed by atoms with Crippen molar-refractivity contribution in [2.45, 2.75) is 0 Å². The summed E-state index contributed by atoms with van der Waals surface area (Å²) >= 11 is 0. The number of fused-ring (bicyclic) bond motifs is 6. The molecule has 0 N–H and O–H groups in total. The molecular formula is C39H24N4O. The second-order valence-electron chi connectivity index (χ2n) is 10.8. The van der Waals surface area contributed by atoms with Gasteiger partial charge in [-0.25, -0.2) is 15.0 Å². The summed E-state index contributed by atoms with van der Waals surface area (Å²) in [6.07, 6.45) is 0. The van der Waals surface area contributed by atoms with E-state index in [9.17, 15) is 0 Å². The molecule has 0 aliphatic heterocycles. The molecule has 3 heterocycles. The third kappa shape index (κ3) is 3.76. The lowest BCUT2D eigenvalue weighted by molar-refractivity contribution is 0.666. The first-order chi connectivity index (χ1) is 21.8. The Kier molecular flexibility index (Phi) is 5.43. The SMILES string of the molecule is c1ccc(-c2nc(-c3ccccc3)nc(-c3cccc4c3c3ccccc3n4-c3cccc4c3oc3ccccc34)n2)cc1. The van der Waals surface area contributed by atoms with Gasteiger partial charge < -0.3 is 8.98 Å². The van der Waals surface area contributed by atoms with Crippen molar-refractivity contribution in [2.75, 3.05) is 0 Å². The lowest BCUT2D eigenvalue weighted by Gasteiger charge is -2.10. The lowest BCUT2D eigenvalue weighted by Crippen LogP contribution is -2.00. The van der Waals surface area contributed by atoms with Gasteiger partial charge in [0, 0.05) is 38.2 Å². The Morgan fingerprint density at radius 2 is 1.00 bits per heavy atom. The molecule has 9 rings (SSSR count). The first-order valence-electron chi connectivity index (χ1n) is 14.6. The smallest absolute Gasteiger partial charge is 0.164 e. The van der Waals surface area contributed by atoms with Gasteiger partial charge in [0.2, 0.25) is 0 Å². The predicted octanol–water partition coefficient (Wildman–Crippen LogP) is 9.87. The van der Waals surface area contributed by atoms with Gasteiger partial charge in [-0.1, -0.05) is 121 Å². The zero-order valence-electron chi connectivity index (χ0n) is 23.6. The Morgan fingerprint density at radius 3 is 1.75 bits per heavy atom. The average molecular weight is 565 g/mol. The molecule has 3 aromatic heterocycles. The Labute approximate surface area is 252 Å². The highest BCUT2D eigenvalue weighted by molar-refractivity contribution is 6.16. The van der Waals surface area contributed by atoms with E-state index in [1.54, 1.807) is 0 Å². The van der Waals surface area contributed by atoms with Crippen LogP contribution in [0.4, 0.5) is 0 Å². The molecule has 0 amide bonds. The molecule has 0 saturated heterocycles. The number of benzene rings is 6. The second kappa shape index (κ2) is 9.75. The van der Waals surface area contributed by atoms with E-state index >= 15 is 0 Å². The quantitative estimate of drug-likeness (QED) is 0.213. The summed E-state index contributed by atoms with van der Waals surface area (Å²) in [7, 11) is 0. The van der Waals surface area contributed by atoms with Crippen LogP contribution in [0.3, 0.4) is 0 Å². The average Bonchev–Trinajstić information content (AvgIpc) is 3.65. The van der Waals surface area contributed by atoms with Gasteiger partial charge in [-0.2, -0.15) is 0 Å². The van der Waals surface area contributed by atoms with E-state index in [1.807, 2.05) is 72.8 Å². The molecule has 0 radical (unpaired) electrons. The standard InChI is InChI=1S/C39H24N4O/c1-3-13-25(14-4-1)37-40-38(26-15-5-2-6-16-26)42-39(41-37)30-20-12-22-32-35(30)29-18-7-9-21-31(29)43(32)33-23-11-19-28-27-17-8-10-24-34(27)44-36(28)33/h1-24H. The highest BCUT2D eigenvalue weighted by atomic mass is 16.3. The zero-order chi connectivity index (χ0) is 29.0. The number of hydrogen-bond donors (Lipinski definition) is 0. The first-order valence-corrected chi connectivity index (χ1v) is 14.6. The van der Waals surface area contributed by atoms with Crippen LogP contribution in [0.15, 0.2) is 150 Å². The van der Waals surface area contributed by atoms with Crippen LogP contribution in [-0.4, -0.2) is 19.5 Å². The van der Waals surface area contributed by atoms with Gasteiger partial charge in [0.25, 0.3) is 0 Å². The van der Waals surface area contributed by atoms with Crippen LogP contribution in [0.25, 0.3) is 83.6 Å². The van der Waals surface area contributed by atoms with E-state index in [0.717, 1.165) is 66.1 Å². The molecular weight excluding hydrogens is 540 g/mol. The molecule has 0 saturated carbocycles. The van der Waals surface area contributed by atoms with Crippen molar-refractivity contribution in [3.8, 4) is 39.9 Å². The third-order valence-corrected chi connectivity index (χ3v) is 8.26. The minimum Gasteiger partial charge on any atom is -0.454 e. The molecule has 0 atom stereocenters. The molecule has 5 heteroatoms. The minimum absolute atomic E-state index is 0.633. The summed E-state index contributed by atoms with van der Waals surface area (Å²) in [5.74, 6) is 1.91. The maximum absolute atomic E-state index is 6.50. The maximum Gasteiger partial charge on any atom is 0.164 e. The van der Waals surface area contributed by atoms with E-state index in [0.29, 0.717) is 17.5 Å². The van der Waals surface area contributed by atoms with Gasteiger partial charge in [0.15, 0.2) is 23.1 Å². The fraction of sp³-hybridized carbons (Fsp3) is 0. The molecule has 0 spiro atoms. The fourth-order valence-corrected chi connectivity index (χ4v) is 6.30. The van der Waals surface area contributed by atoms with Gasteiger partial charge in [-0.15, -0.1) is 0 Å². The van der Waals surface area contributed by atoms with Crippen molar-refractivity contribution in [2.24, 2.45) is 0 Å². The summed E-state index contributed by atoms with van der Waals surface area (Å²) in [5, 5.41) is 4.41. The van der Waals surface area contributed by atoms with Crippen LogP contribution in [0.5, 0.6) is 0 Å². The Hall–Kier alpha value is -6.07. The van der Waals surface area contributed by atoms with Crippen molar-refractivity contribution in [1.82, 2.24) is 19.5 Å². The lowest BCUT2D eigenvalue weighted by atomic mass is 10.1. The van der Waals surface area contributed by atoms with E-state index in [1.165, 1.54) is 0 Å². The van der Waals surface area contributed by atoms with Crippen LogP contribution in [0, 0.1) is 0 Å². The van der Waals surface area contributed by atoms with Crippen molar-refractivity contribution < 1.29 is 4.42 Å². The van der Waals surface area contributed by atoms with Crippen LogP contribution >= 0.6 is 0 Å². The van der Waals surface area contributed by atoms with E-state index < -0.39 is 0 Å². The topological polar surface area (TPSA) is 56.7 Å². The summed E-state index contributed by atoms with van der Waals surface area (Å²) < 4.78 is 8.80. The largest absolute Gasteiger partial charge is 0.454 e. The molecule has 0 aliphatic carbocycles. The molecule has 5 nitrogen and oxygen atoms in total. The minimum atomic E-state index is 0.633. The summed E-state index contributed by atoms with van der Waals surface area (Å²) in [6.45, 7) is 0. The molecule has 44 heavy (non-hydrogen) atoms. The van der Waals surface area contributed by atoms with Crippen molar-refractivity contribution in [3.63, 3.8) is 0 Å². The van der Waals surface area contributed by atoms with Gasteiger partial charge >= 0.3 is 0 Å². The Balaban J connectivity index is 1.35. The molecule has 6 aromatic carbocycles.